The predicted molar refractivity (Wildman–Crippen MR) is 71.9 cm³/mol. The molecule has 0 heterocycles. The number of unbranched alkanes of at least 4 members (excludes halogenated alkanes) is 1. The Morgan fingerprint density at radius 1 is 1.35 bits per heavy atom. The standard InChI is InChI=1S/C12H13ClN2O5/c13-8-4-5-9(10(7-8)15(19)20)12(18)14-6-2-1-3-11(16)17/h4-5,7H,1-3,6H2,(H,14,18)(H,16,17). The summed E-state index contributed by atoms with van der Waals surface area (Å²) in [4.78, 5) is 32.3. The minimum atomic E-state index is -0.898. The van der Waals surface area contributed by atoms with Gasteiger partial charge in [0.2, 0.25) is 0 Å². The highest BCUT2D eigenvalue weighted by Crippen LogP contribution is 2.23. The summed E-state index contributed by atoms with van der Waals surface area (Å²) in [7, 11) is 0. The lowest BCUT2D eigenvalue weighted by molar-refractivity contribution is -0.385. The number of carboxylic acid groups (broad SMARTS) is 1. The summed E-state index contributed by atoms with van der Waals surface area (Å²) in [5.41, 5.74) is -0.432. The number of carbonyl (C=O) groups is 2. The quantitative estimate of drug-likeness (QED) is 0.456. The molecule has 8 heteroatoms. The van der Waals surface area contributed by atoms with Crippen LogP contribution in [0.3, 0.4) is 0 Å². The first-order chi connectivity index (χ1) is 9.41. The number of aliphatic carboxylic acids is 1. The molecule has 0 radical (unpaired) electrons. The van der Waals surface area contributed by atoms with Crippen molar-refractivity contribution in [3.63, 3.8) is 0 Å². The molecule has 0 saturated carbocycles. The molecular formula is C12H13ClN2O5. The molecule has 0 spiro atoms. The van der Waals surface area contributed by atoms with Gasteiger partial charge in [-0.2, -0.15) is 0 Å². The fourth-order valence-electron chi connectivity index (χ4n) is 1.55. The fraction of sp³-hybridized carbons (Fsp3) is 0.333. The van der Waals surface area contributed by atoms with E-state index in [1.165, 1.54) is 12.1 Å². The van der Waals surface area contributed by atoms with Crippen LogP contribution in [0, 0.1) is 10.1 Å². The van der Waals surface area contributed by atoms with E-state index >= 15 is 0 Å². The molecule has 0 aliphatic carbocycles. The van der Waals surface area contributed by atoms with Gasteiger partial charge in [0.1, 0.15) is 5.56 Å². The van der Waals surface area contributed by atoms with E-state index in [-0.39, 0.29) is 29.2 Å². The maximum absolute atomic E-state index is 11.8. The second-order valence-electron chi connectivity index (χ2n) is 4.03. The minimum absolute atomic E-state index is 0.0248. The second-order valence-corrected chi connectivity index (χ2v) is 4.46. The van der Waals surface area contributed by atoms with Crippen molar-refractivity contribution in [2.24, 2.45) is 0 Å². The number of nitrogens with zero attached hydrogens (tertiary/aromatic N) is 1. The molecule has 0 aromatic heterocycles. The summed E-state index contributed by atoms with van der Waals surface area (Å²) in [6.07, 6.45) is 0.939. The Kier molecular flexibility index (Phi) is 5.92. The van der Waals surface area contributed by atoms with Crippen LogP contribution in [0.25, 0.3) is 0 Å². The molecule has 0 fully saturated rings. The van der Waals surface area contributed by atoms with E-state index in [0.717, 1.165) is 6.07 Å². The molecule has 1 aromatic carbocycles. The molecule has 1 aromatic rings. The number of halogens is 1. The molecule has 1 amide bonds. The molecule has 20 heavy (non-hydrogen) atoms. The van der Waals surface area contributed by atoms with Crippen molar-refractivity contribution in [1.29, 1.82) is 0 Å². The maximum atomic E-state index is 11.8. The average molecular weight is 301 g/mol. The van der Waals surface area contributed by atoms with E-state index in [9.17, 15) is 19.7 Å². The SMILES string of the molecule is O=C(O)CCCCNC(=O)c1ccc(Cl)cc1[N+](=O)[O-]. The van der Waals surface area contributed by atoms with Gasteiger partial charge in [0.25, 0.3) is 11.6 Å². The number of hydrogen-bond donors (Lipinski definition) is 2. The van der Waals surface area contributed by atoms with Gasteiger partial charge < -0.3 is 10.4 Å². The van der Waals surface area contributed by atoms with Crippen LogP contribution in [0.15, 0.2) is 18.2 Å². The number of carboxylic acids is 1. The first-order valence-corrected chi connectivity index (χ1v) is 6.23. The number of amides is 1. The molecule has 0 unspecified atom stereocenters. The van der Waals surface area contributed by atoms with Gasteiger partial charge in [-0.3, -0.25) is 19.7 Å². The molecule has 2 N–H and O–H groups in total. The molecule has 0 atom stereocenters. The third-order valence-corrected chi connectivity index (χ3v) is 2.74. The minimum Gasteiger partial charge on any atom is -0.481 e. The van der Waals surface area contributed by atoms with Crippen LogP contribution < -0.4 is 5.32 Å². The lowest BCUT2D eigenvalue weighted by Crippen LogP contribution is -2.25. The van der Waals surface area contributed by atoms with Crippen molar-refractivity contribution in [3.05, 3.63) is 38.9 Å². The highest BCUT2D eigenvalue weighted by molar-refractivity contribution is 6.31. The zero-order valence-corrected chi connectivity index (χ0v) is 11.2. The van der Waals surface area contributed by atoms with Gasteiger partial charge >= 0.3 is 5.97 Å². The van der Waals surface area contributed by atoms with E-state index < -0.39 is 16.8 Å². The Balaban J connectivity index is 2.59. The van der Waals surface area contributed by atoms with Crippen molar-refractivity contribution < 1.29 is 19.6 Å². The topological polar surface area (TPSA) is 110 Å². The average Bonchev–Trinajstić information content (AvgIpc) is 2.37. The first kappa shape index (κ1) is 15.9. The zero-order chi connectivity index (χ0) is 15.1. The lowest BCUT2D eigenvalue weighted by Gasteiger charge is -2.05. The molecule has 0 aliphatic rings. The Labute approximate surface area is 119 Å². The third kappa shape index (κ3) is 4.85. The van der Waals surface area contributed by atoms with Crippen LogP contribution in [0.2, 0.25) is 5.02 Å². The molecule has 0 bridgehead atoms. The number of nitrogens with one attached hydrogen (secondary N) is 1. The van der Waals surface area contributed by atoms with Gasteiger partial charge in [0.05, 0.1) is 4.92 Å². The lowest BCUT2D eigenvalue weighted by atomic mass is 10.1. The summed E-state index contributed by atoms with van der Waals surface area (Å²) in [5, 5.41) is 22.0. The Bertz CT molecular complexity index is 533. The number of nitro groups is 1. The Morgan fingerprint density at radius 3 is 2.65 bits per heavy atom. The van der Waals surface area contributed by atoms with Gasteiger partial charge in [0.15, 0.2) is 0 Å². The van der Waals surface area contributed by atoms with Crippen molar-refractivity contribution in [2.45, 2.75) is 19.3 Å². The van der Waals surface area contributed by atoms with Gasteiger partial charge in [-0.1, -0.05) is 11.6 Å². The van der Waals surface area contributed by atoms with Crippen LogP contribution in [-0.2, 0) is 4.79 Å². The van der Waals surface area contributed by atoms with E-state index in [0.29, 0.717) is 12.8 Å². The van der Waals surface area contributed by atoms with E-state index in [1.54, 1.807) is 0 Å². The van der Waals surface area contributed by atoms with Gasteiger partial charge in [-0.15, -0.1) is 0 Å². The van der Waals surface area contributed by atoms with Crippen molar-refractivity contribution in [2.75, 3.05) is 6.54 Å². The Morgan fingerprint density at radius 2 is 2.05 bits per heavy atom. The van der Waals surface area contributed by atoms with Crippen LogP contribution in [0.5, 0.6) is 0 Å². The molecule has 108 valence electrons. The van der Waals surface area contributed by atoms with Crippen molar-refractivity contribution in [1.82, 2.24) is 5.32 Å². The van der Waals surface area contributed by atoms with E-state index in [2.05, 4.69) is 5.32 Å². The highest BCUT2D eigenvalue weighted by atomic mass is 35.5. The Hall–Kier alpha value is -2.15. The fourth-order valence-corrected chi connectivity index (χ4v) is 1.71. The number of hydrogen-bond acceptors (Lipinski definition) is 4. The summed E-state index contributed by atoms with van der Waals surface area (Å²) < 4.78 is 0. The third-order valence-electron chi connectivity index (χ3n) is 2.50. The van der Waals surface area contributed by atoms with Crippen molar-refractivity contribution >= 4 is 29.2 Å². The van der Waals surface area contributed by atoms with E-state index in [4.69, 9.17) is 16.7 Å². The molecule has 7 nitrogen and oxygen atoms in total. The van der Waals surface area contributed by atoms with Gasteiger partial charge in [0, 0.05) is 24.1 Å². The zero-order valence-electron chi connectivity index (χ0n) is 10.5. The monoisotopic (exact) mass is 300 g/mol. The number of rotatable bonds is 7. The van der Waals surface area contributed by atoms with Crippen molar-refractivity contribution in [3.8, 4) is 0 Å². The van der Waals surface area contributed by atoms with E-state index in [1.807, 2.05) is 0 Å². The van der Waals surface area contributed by atoms with Gasteiger partial charge in [-0.25, -0.2) is 0 Å². The normalized spacial score (nSPS) is 10.1. The van der Waals surface area contributed by atoms with Crippen LogP contribution >= 0.6 is 11.6 Å². The number of nitro benzene ring substituents is 1. The van der Waals surface area contributed by atoms with Crippen LogP contribution in [-0.4, -0.2) is 28.5 Å². The molecule has 0 aliphatic heterocycles. The van der Waals surface area contributed by atoms with Crippen LogP contribution in [0.1, 0.15) is 29.6 Å². The first-order valence-electron chi connectivity index (χ1n) is 5.85. The highest BCUT2D eigenvalue weighted by Gasteiger charge is 2.20. The summed E-state index contributed by atoms with van der Waals surface area (Å²) in [6.45, 7) is 0.256. The van der Waals surface area contributed by atoms with Gasteiger partial charge in [-0.05, 0) is 25.0 Å². The number of carbonyl (C=O) groups excluding carboxylic acids is 1. The molecular weight excluding hydrogens is 288 g/mol. The summed E-state index contributed by atoms with van der Waals surface area (Å²) >= 11 is 5.65. The largest absolute Gasteiger partial charge is 0.481 e. The molecule has 0 saturated heterocycles. The summed E-state index contributed by atoms with van der Waals surface area (Å²) in [6, 6.07) is 3.79. The van der Waals surface area contributed by atoms with Crippen LogP contribution in [0.4, 0.5) is 5.69 Å². The predicted octanol–water partition coefficient (Wildman–Crippen LogP) is 2.23. The summed E-state index contributed by atoms with van der Waals surface area (Å²) in [5.74, 6) is -1.48. The second kappa shape index (κ2) is 7.44. The maximum Gasteiger partial charge on any atom is 0.303 e. The number of benzene rings is 1. The molecule has 1 rings (SSSR count). The smallest absolute Gasteiger partial charge is 0.303 e.